The first-order valence-electron chi connectivity index (χ1n) is 11.4. The predicted octanol–water partition coefficient (Wildman–Crippen LogP) is 8.72. The van der Waals surface area contributed by atoms with E-state index in [2.05, 4.69) is 33.8 Å². The van der Waals surface area contributed by atoms with Crippen LogP contribution < -0.4 is 0 Å². The van der Waals surface area contributed by atoms with Crippen LogP contribution in [0.5, 0.6) is 0 Å². The number of aromatic nitrogens is 4. The molecule has 0 saturated carbocycles. The first-order valence-corrected chi connectivity index (χ1v) is 12.9. The van der Waals surface area contributed by atoms with E-state index in [9.17, 15) is 0 Å². The Bertz CT molecular complexity index is 1200. The summed E-state index contributed by atoms with van der Waals surface area (Å²) in [6, 6.07) is 15.4. The Hall–Kier alpha value is -2.24. The van der Waals surface area contributed by atoms with Crippen LogP contribution in [0.15, 0.2) is 48.5 Å². The van der Waals surface area contributed by atoms with E-state index in [0.29, 0.717) is 27.0 Å². The molecule has 4 aromatic heterocycles. The summed E-state index contributed by atoms with van der Waals surface area (Å²) < 4.78 is 0. The van der Waals surface area contributed by atoms with Gasteiger partial charge >= 0.3 is 0 Å². The summed E-state index contributed by atoms with van der Waals surface area (Å²) >= 11 is 23.9. The van der Waals surface area contributed by atoms with Crippen molar-refractivity contribution in [3.8, 4) is 0 Å². The van der Waals surface area contributed by atoms with E-state index < -0.39 is 0 Å². The van der Waals surface area contributed by atoms with Crippen LogP contribution in [0.25, 0.3) is 0 Å². The van der Waals surface area contributed by atoms with Crippen LogP contribution in [-0.2, 0) is 11.8 Å². The normalized spacial score (nSPS) is 11.2. The summed E-state index contributed by atoms with van der Waals surface area (Å²) in [7, 11) is 0. The lowest BCUT2D eigenvalue weighted by Crippen LogP contribution is -2.22. The molecule has 0 aliphatic carbocycles. The van der Waals surface area contributed by atoms with Crippen molar-refractivity contribution in [1.82, 2.24) is 19.9 Å². The second kappa shape index (κ2) is 11.9. The Balaban J connectivity index is 0.000000202. The molecule has 0 N–H and O–H groups in total. The molecular weight excluding hydrogens is 534 g/mol. The SMILES string of the molecule is Cc1cc(Cl)nc(C(C)(C)c2cc(C)cc(Cl)n2)c1.Cc1cc(Cl)nc(Cc2cc(C)cc(Cl)n2)c1. The smallest absolute Gasteiger partial charge is 0.129 e. The second-order valence-electron chi connectivity index (χ2n) is 9.42. The zero-order valence-electron chi connectivity index (χ0n) is 21.1. The second-order valence-corrected chi connectivity index (χ2v) is 11.0. The van der Waals surface area contributed by atoms with Gasteiger partial charge in [-0.25, -0.2) is 19.9 Å². The van der Waals surface area contributed by atoms with Crippen LogP contribution in [0, 0.1) is 27.7 Å². The Labute approximate surface area is 233 Å². The average Bonchev–Trinajstić information content (AvgIpc) is 2.71. The molecule has 4 nitrogen and oxygen atoms in total. The van der Waals surface area contributed by atoms with Crippen LogP contribution in [-0.4, -0.2) is 19.9 Å². The van der Waals surface area contributed by atoms with Gasteiger partial charge < -0.3 is 0 Å². The van der Waals surface area contributed by atoms with Crippen molar-refractivity contribution in [1.29, 1.82) is 0 Å². The molecule has 4 aromatic rings. The molecular formula is C28H28Cl4N4. The number of hydrogen-bond acceptors (Lipinski definition) is 4. The highest BCUT2D eigenvalue weighted by molar-refractivity contribution is 6.30. The van der Waals surface area contributed by atoms with Crippen molar-refractivity contribution >= 4 is 46.4 Å². The Kier molecular flexibility index (Phi) is 9.34. The molecule has 0 fully saturated rings. The van der Waals surface area contributed by atoms with Crippen LogP contribution in [0.4, 0.5) is 0 Å². The Morgan fingerprint density at radius 1 is 0.500 bits per heavy atom. The molecule has 0 saturated heterocycles. The fourth-order valence-electron chi connectivity index (χ4n) is 3.78. The molecule has 188 valence electrons. The highest BCUT2D eigenvalue weighted by atomic mass is 35.5. The molecule has 4 rings (SSSR count). The Morgan fingerprint density at radius 3 is 1.11 bits per heavy atom. The summed E-state index contributed by atoms with van der Waals surface area (Å²) in [6.45, 7) is 12.1. The molecule has 0 amide bonds. The third kappa shape index (κ3) is 7.88. The molecule has 4 heterocycles. The number of pyridine rings is 4. The van der Waals surface area contributed by atoms with E-state index in [1.165, 1.54) is 0 Å². The van der Waals surface area contributed by atoms with E-state index in [-0.39, 0.29) is 5.41 Å². The highest BCUT2D eigenvalue weighted by Gasteiger charge is 2.27. The van der Waals surface area contributed by atoms with Crippen molar-refractivity contribution < 1.29 is 0 Å². The predicted molar refractivity (Wildman–Crippen MR) is 151 cm³/mol. The van der Waals surface area contributed by atoms with Gasteiger partial charge in [-0.3, -0.25) is 0 Å². The molecule has 0 spiro atoms. The maximum Gasteiger partial charge on any atom is 0.129 e. The fraction of sp³-hybridized carbons (Fsp3) is 0.286. The van der Waals surface area contributed by atoms with E-state index >= 15 is 0 Å². The fourth-order valence-corrected chi connectivity index (χ4v) is 4.86. The maximum atomic E-state index is 6.05. The van der Waals surface area contributed by atoms with Gasteiger partial charge in [0.1, 0.15) is 20.6 Å². The zero-order chi connectivity index (χ0) is 26.6. The zero-order valence-corrected chi connectivity index (χ0v) is 24.2. The first-order chi connectivity index (χ1) is 16.8. The number of hydrogen-bond donors (Lipinski definition) is 0. The summed E-state index contributed by atoms with van der Waals surface area (Å²) in [5, 5.41) is 2.03. The van der Waals surface area contributed by atoms with Gasteiger partial charge in [0.2, 0.25) is 0 Å². The summed E-state index contributed by atoms with van der Waals surface area (Å²) in [6.07, 6.45) is 0.642. The van der Waals surface area contributed by atoms with Crippen LogP contribution in [0.1, 0.15) is 58.9 Å². The molecule has 0 radical (unpaired) electrons. The minimum absolute atomic E-state index is 0.342. The van der Waals surface area contributed by atoms with E-state index in [1.54, 1.807) is 0 Å². The van der Waals surface area contributed by atoms with Crippen LogP contribution in [0.2, 0.25) is 20.6 Å². The van der Waals surface area contributed by atoms with E-state index in [4.69, 9.17) is 46.4 Å². The third-order valence-corrected chi connectivity index (χ3v) is 6.28. The minimum Gasteiger partial charge on any atom is -0.241 e. The highest BCUT2D eigenvalue weighted by Crippen LogP contribution is 2.31. The molecule has 8 heteroatoms. The third-order valence-electron chi connectivity index (χ3n) is 5.50. The number of halogens is 4. The standard InChI is InChI=1S/C15H16Cl2N2.C13H12Cl2N2/c1-9-5-11(18-13(16)7-9)15(3,4)12-6-10(2)8-14(17)19-12;1-8-3-10(16-12(14)5-8)7-11-4-9(2)6-13(15)17-11/h5-8H,1-4H3;3-6H,7H2,1-2H3. The molecule has 0 aromatic carbocycles. The van der Waals surface area contributed by atoms with Gasteiger partial charge in [0, 0.05) is 23.2 Å². The molecule has 0 aliphatic heterocycles. The van der Waals surface area contributed by atoms with Crippen molar-refractivity contribution in [2.45, 2.75) is 53.4 Å². The number of rotatable bonds is 4. The van der Waals surface area contributed by atoms with Gasteiger partial charge in [0.15, 0.2) is 0 Å². The van der Waals surface area contributed by atoms with Gasteiger partial charge in [0.25, 0.3) is 0 Å². The van der Waals surface area contributed by atoms with Crippen molar-refractivity contribution in [3.05, 3.63) is 114 Å². The topological polar surface area (TPSA) is 51.6 Å². The lowest BCUT2D eigenvalue weighted by Gasteiger charge is -2.24. The molecule has 0 atom stereocenters. The quantitative estimate of drug-likeness (QED) is 0.234. The maximum absolute atomic E-state index is 6.05. The van der Waals surface area contributed by atoms with Gasteiger partial charge in [0.05, 0.1) is 11.4 Å². The van der Waals surface area contributed by atoms with Gasteiger partial charge in [-0.2, -0.15) is 0 Å². The average molecular weight is 562 g/mol. The molecule has 0 unspecified atom stereocenters. The van der Waals surface area contributed by atoms with Gasteiger partial charge in [-0.05, 0) is 112 Å². The minimum atomic E-state index is -0.342. The first kappa shape index (κ1) is 28.3. The summed E-state index contributed by atoms with van der Waals surface area (Å²) in [4.78, 5) is 17.4. The number of aryl methyl sites for hydroxylation is 4. The van der Waals surface area contributed by atoms with E-state index in [0.717, 1.165) is 45.0 Å². The largest absolute Gasteiger partial charge is 0.241 e. The van der Waals surface area contributed by atoms with Gasteiger partial charge in [-0.1, -0.05) is 46.4 Å². The lowest BCUT2D eigenvalue weighted by molar-refractivity contribution is 0.594. The summed E-state index contributed by atoms with van der Waals surface area (Å²) in [5.41, 5.74) is 7.62. The molecule has 36 heavy (non-hydrogen) atoms. The monoisotopic (exact) mass is 560 g/mol. The van der Waals surface area contributed by atoms with E-state index in [1.807, 2.05) is 76.2 Å². The van der Waals surface area contributed by atoms with Crippen LogP contribution >= 0.6 is 46.4 Å². The number of nitrogens with zero attached hydrogens (tertiary/aromatic N) is 4. The summed E-state index contributed by atoms with van der Waals surface area (Å²) in [5.74, 6) is 0. The van der Waals surface area contributed by atoms with Gasteiger partial charge in [-0.15, -0.1) is 0 Å². The Morgan fingerprint density at radius 2 is 0.806 bits per heavy atom. The van der Waals surface area contributed by atoms with Crippen LogP contribution in [0.3, 0.4) is 0 Å². The van der Waals surface area contributed by atoms with Crippen molar-refractivity contribution in [2.24, 2.45) is 0 Å². The lowest BCUT2D eigenvalue weighted by atomic mass is 9.84. The van der Waals surface area contributed by atoms with Crippen molar-refractivity contribution in [2.75, 3.05) is 0 Å². The molecule has 0 bridgehead atoms. The van der Waals surface area contributed by atoms with Crippen molar-refractivity contribution in [3.63, 3.8) is 0 Å². The molecule has 0 aliphatic rings.